The Morgan fingerprint density at radius 1 is 0.974 bits per heavy atom. The zero-order valence-electron chi connectivity index (χ0n) is 24.3. The molecular weight excluding hydrogens is 493 g/mol. The summed E-state index contributed by atoms with van der Waals surface area (Å²) in [5.74, 6) is -1.14. The van der Waals surface area contributed by atoms with Gasteiger partial charge in [-0.25, -0.2) is 4.39 Å². The van der Waals surface area contributed by atoms with Crippen LogP contribution in [0.25, 0.3) is 11.1 Å². The van der Waals surface area contributed by atoms with E-state index in [9.17, 15) is 19.1 Å². The van der Waals surface area contributed by atoms with Gasteiger partial charge in [-0.3, -0.25) is 9.59 Å². The summed E-state index contributed by atoms with van der Waals surface area (Å²) in [5.41, 5.74) is 14.1. The molecular formula is C33H44FNO4. The van der Waals surface area contributed by atoms with Crippen LogP contribution in [0.4, 0.5) is 4.39 Å². The number of hydrogen-bond acceptors (Lipinski definition) is 4. The molecule has 0 saturated carbocycles. The zero-order chi connectivity index (χ0) is 29.3. The first-order valence-corrected chi connectivity index (χ1v) is 13.7. The fourth-order valence-electron chi connectivity index (χ4n) is 4.93. The van der Waals surface area contributed by atoms with Gasteiger partial charge >= 0.3 is 5.97 Å². The van der Waals surface area contributed by atoms with Crippen LogP contribution >= 0.6 is 0 Å². The third kappa shape index (κ3) is 9.86. The number of carbonyl (C=O) groups excluding carboxylic acids is 1. The Hall–Kier alpha value is -3.09. The third-order valence-electron chi connectivity index (χ3n) is 6.67. The smallest absolute Gasteiger partial charge is 0.307 e. The molecule has 3 rings (SSSR count). The van der Waals surface area contributed by atoms with Crippen LogP contribution in [-0.2, 0) is 28.9 Å². The Balaban J connectivity index is 0.000000976. The first-order valence-electron chi connectivity index (χ1n) is 13.7. The maximum absolute atomic E-state index is 13.6. The molecule has 0 radical (unpaired) electrons. The molecule has 1 aliphatic rings. The fourth-order valence-corrected chi connectivity index (χ4v) is 4.93. The van der Waals surface area contributed by atoms with E-state index in [0.29, 0.717) is 50.6 Å². The lowest BCUT2D eigenvalue weighted by molar-refractivity contribution is -0.136. The number of aliphatic hydroxyl groups is 1. The van der Waals surface area contributed by atoms with E-state index in [0.717, 1.165) is 44.5 Å². The highest BCUT2D eigenvalue weighted by Gasteiger charge is 2.22. The van der Waals surface area contributed by atoms with Crippen molar-refractivity contribution in [3.05, 3.63) is 81.2 Å². The Labute approximate surface area is 232 Å². The highest BCUT2D eigenvalue weighted by Crippen LogP contribution is 2.37. The number of ketones is 1. The molecule has 0 fully saturated rings. The van der Waals surface area contributed by atoms with E-state index in [-0.39, 0.29) is 18.0 Å². The highest BCUT2D eigenvalue weighted by molar-refractivity contribution is 5.98. The summed E-state index contributed by atoms with van der Waals surface area (Å²) < 4.78 is 13.6. The lowest BCUT2D eigenvalue weighted by atomic mass is 9.81. The maximum atomic E-state index is 13.6. The number of aliphatic carboxylic acids is 1. The van der Waals surface area contributed by atoms with Crippen molar-refractivity contribution in [2.24, 2.45) is 5.73 Å². The van der Waals surface area contributed by atoms with Crippen molar-refractivity contribution in [3.8, 4) is 11.1 Å². The second-order valence-electron chi connectivity index (χ2n) is 11.3. The number of nitrogens with two attached hydrogens (primary N) is 1. The topological polar surface area (TPSA) is 101 Å². The molecule has 2 aromatic carbocycles. The van der Waals surface area contributed by atoms with Gasteiger partial charge in [-0.05, 0) is 119 Å². The van der Waals surface area contributed by atoms with Crippen molar-refractivity contribution in [2.45, 2.75) is 92.1 Å². The van der Waals surface area contributed by atoms with Crippen molar-refractivity contribution >= 4 is 11.8 Å². The van der Waals surface area contributed by atoms with Gasteiger partial charge in [-0.1, -0.05) is 35.9 Å². The number of carboxylic acids is 1. The van der Waals surface area contributed by atoms with E-state index < -0.39 is 11.6 Å². The number of rotatable bonds is 10. The van der Waals surface area contributed by atoms with Gasteiger partial charge in [0.05, 0.1) is 12.0 Å². The minimum absolute atomic E-state index is 0.0362. The first-order chi connectivity index (χ1) is 18.2. The van der Waals surface area contributed by atoms with Gasteiger partial charge < -0.3 is 15.9 Å². The van der Waals surface area contributed by atoms with E-state index in [1.165, 1.54) is 6.08 Å². The van der Waals surface area contributed by atoms with Gasteiger partial charge in [0.15, 0.2) is 5.78 Å². The van der Waals surface area contributed by atoms with Gasteiger partial charge in [-0.2, -0.15) is 0 Å². The Morgan fingerprint density at radius 2 is 1.56 bits per heavy atom. The molecule has 212 valence electrons. The third-order valence-corrected chi connectivity index (χ3v) is 6.67. The van der Waals surface area contributed by atoms with Gasteiger partial charge in [0.25, 0.3) is 0 Å². The van der Waals surface area contributed by atoms with E-state index in [4.69, 9.17) is 10.8 Å². The zero-order valence-corrected chi connectivity index (χ0v) is 24.3. The molecule has 0 heterocycles. The van der Waals surface area contributed by atoms with E-state index >= 15 is 0 Å². The predicted molar refractivity (Wildman–Crippen MR) is 157 cm³/mol. The highest BCUT2D eigenvalue weighted by atomic mass is 19.1. The van der Waals surface area contributed by atoms with Crippen LogP contribution in [-0.4, -0.2) is 34.1 Å². The number of halogens is 1. The van der Waals surface area contributed by atoms with Gasteiger partial charge in [0.1, 0.15) is 5.83 Å². The molecule has 1 aliphatic carbocycles. The van der Waals surface area contributed by atoms with Crippen LogP contribution < -0.4 is 5.73 Å². The van der Waals surface area contributed by atoms with Crippen LogP contribution in [0.3, 0.4) is 0 Å². The molecule has 0 saturated heterocycles. The quantitative estimate of drug-likeness (QED) is 0.315. The van der Waals surface area contributed by atoms with E-state index in [2.05, 4.69) is 0 Å². The predicted octanol–water partition coefficient (Wildman–Crippen LogP) is 6.65. The maximum Gasteiger partial charge on any atom is 0.307 e. The summed E-state index contributed by atoms with van der Waals surface area (Å²) in [7, 11) is 0. The number of carboxylic acid groups (broad SMARTS) is 1. The standard InChI is InChI=1S/C29H34FNO3.C4H10O/c1-18-10-12-21(13-11-18)29-20(3)24(25(14-15-31)19(2)26(29)17-28(33)34)8-5-9-27(32)22-6-4-7-23(30)16-22;1-4(2,3)5/h6,10-13,16H,4-5,7-9,14-15,17,31H2,1-3H3,(H,33,34);5H,1-3H3. The lowest BCUT2D eigenvalue weighted by Gasteiger charge is -2.24. The van der Waals surface area contributed by atoms with E-state index in [1.54, 1.807) is 20.8 Å². The molecule has 2 aromatic rings. The van der Waals surface area contributed by atoms with Crippen LogP contribution in [0.5, 0.6) is 0 Å². The van der Waals surface area contributed by atoms with Crippen LogP contribution in [0.1, 0.15) is 79.8 Å². The monoisotopic (exact) mass is 537 g/mol. The van der Waals surface area contributed by atoms with Crippen LogP contribution in [0, 0.1) is 20.8 Å². The molecule has 0 atom stereocenters. The van der Waals surface area contributed by atoms with Crippen molar-refractivity contribution in [1.29, 1.82) is 0 Å². The second-order valence-corrected chi connectivity index (χ2v) is 11.3. The number of benzene rings is 2. The Bertz CT molecular complexity index is 1230. The van der Waals surface area contributed by atoms with Crippen molar-refractivity contribution in [2.75, 3.05) is 6.54 Å². The minimum Gasteiger partial charge on any atom is -0.481 e. The van der Waals surface area contributed by atoms with E-state index in [1.807, 2.05) is 51.1 Å². The molecule has 0 unspecified atom stereocenters. The summed E-state index contributed by atoms with van der Waals surface area (Å²) in [6.45, 7) is 11.7. The number of allylic oxidation sites excluding steroid dienone is 4. The summed E-state index contributed by atoms with van der Waals surface area (Å²) in [6, 6.07) is 8.14. The summed E-state index contributed by atoms with van der Waals surface area (Å²) in [4.78, 5) is 24.4. The molecule has 39 heavy (non-hydrogen) atoms. The van der Waals surface area contributed by atoms with Crippen molar-refractivity contribution in [3.63, 3.8) is 0 Å². The van der Waals surface area contributed by atoms with Gasteiger partial charge in [0, 0.05) is 18.4 Å². The molecule has 0 aromatic heterocycles. The van der Waals surface area contributed by atoms with Crippen molar-refractivity contribution < 1.29 is 24.2 Å². The lowest BCUT2D eigenvalue weighted by Crippen LogP contribution is -2.15. The average molecular weight is 538 g/mol. The van der Waals surface area contributed by atoms with Gasteiger partial charge in [-0.15, -0.1) is 0 Å². The number of Topliss-reactive ketones (excluding diaryl/α,β-unsaturated/α-hetero) is 1. The minimum atomic E-state index is -0.867. The average Bonchev–Trinajstić information content (AvgIpc) is 2.83. The first kappa shape index (κ1) is 32.1. The molecule has 0 amide bonds. The molecule has 0 bridgehead atoms. The number of aryl methyl sites for hydroxylation is 1. The van der Waals surface area contributed by atoms with Gasteiger partial charge in [0.2, 0.25) is 0 Å². The molecule has 5 nitrogen and oxygen atoms in total. The second kappa shape index (κ2) is 14.3. The summed E-state index contributed by atoms with van der Waals surface area (Å²) >= 11 is 0. The largest absolute Gasteiger partial charge is 0.481 e. The number of carbonyl (C=O) groups is 2. The molecule has 6 heteroatoms. The van der Waals surface area contributed by atoms with Crippen molar-refractivity contribution in [1.82, 2.24) is 0 Å². The Kier molecular flexibility index (Phi) is 11.8. The Morgan fingerprint density at radius 3 is 2.10 bits per heavy atom. The molecule has 0 aliphatic heterocycles. The molecule has 4 N–H and O–H groups in total. The summed E-state index contributed by atoms with van der Waals surface area (Å²) in [6.07, 6.45) is 6.35. The normalized spacial score (nSPS) is 13.3. The van der Waals surface area contributed by atoms with Crippen LogP contribution in [0.15, 0.2) is 47.8 Å². The van der Waals surface area contributed by atoms with Crippen LogP contribution in [0.2, 0.25) is 0 Å². The fraction of sp³-hybridized carbons (Fsp3) is 0.455. The number of hydrogen-bond donors (Lipinski definition) is 3. The SMILES string of the molecule is CC(C)(C)O.Cc1ccc(-c2c(C)c(CCCC(=O)C3=CCCC(F)=C3)c(CCN)c(C)c2CC(=O)O)cc1. The molecule has 0 spiro atoms. The summed E-state index contributed by atoms with van der Waals surface area (Å²) in [5, 5.41) is 18.2.